The van der Waals surface area contributed by atoms with Crippen molar-refractivity contribution in [2.45, 2.75) is 13.3 Å². The van der Waals surface area contributed by atoms with E-state index in [0.717, 1.165) is 22.2 Å². The zero-order valence-electron chi connectivity index (χ0n) is 17.8. The Hall–Kier alpha value is -3.72. The summed E-state index contributed by atoms with van der Waals surface area (Å²) in [5.41, 5.74) is 2.55. The molecule has 0 bridgehead atoms. The molecule has 1 N–H and O–H groups in total. The van der Waals surface area contributed by atoms with E-state index in [4.69, 9.17) is 0 Å². The van der Waals surface area contributed by atoms with Crippen molar-refractivity contribution in [1.29, 1.82) is 0 Å². The molecule has 2 aromatic carbocycles. The van der Waals surface area contributed by atoms with E-state index < -0.39 is 0 Å². The van der Waals surface area contributed by atoms with E-state index in [9.17, 15) is 18.8 Å². The van der Waals surface area contributed by atoms with Gasteiger partial charge >= 0.3 is 0 Å². The molecule has 33 heavy (non-hydrogen) atoms. The van der Waals surface area contributed by atoms with Crippen molar-refractivity contribution >= 4 is 34.9 Å². The van der Waals surface area contributed by atoms with Crippen LogP contribution in [0.5, 0.6) is 0 Å². The number of nitrogens with one attached hydrogen (secondary N) is 1. The van der Waals surface area contributed by atoms with E-state index in [2.05, 4.69) is 10.4 Å². The third-order valence-electron chi connectivity index (χ3n) is 5.11. The van der Waals surface area contributed by atoms with Crippen LogP contribution in [0.3, 0.4) is 0 Å². The number of carbonyl (C=O) groups excluding carboxylic acids is 3. The molecule has 2 heterocycles. The second kappa shape index (κ2) is 9.83. The molecule has 4 rings (SSSR count). The van der Waals surface area contributed by atoms with Crippen LogP contribution in [0.25, 0.3) is 11.8 Å². The van der Waals surface area contributed by atoms with Gasteiger partial charge in [0.25, 0.3) is 17.1 Å². The van der Waals surface area contributed by atoms with Gasteiger partial charge in [-0.25, -0.2) is 9.07 Å². The third-order valence-corrected chi connectivity index (χ3v) is 6.02. The van der Waals surface area contributed by atoms with Crippen molar-refractivity contribution in [2.75, 3.05) is 13.1 Å². The van der Waals surface area contributed by atoms with Gasteiger partial charge in [-0.2, -0.15) is 5.10 Å². The van der Waals surface area contributed by atoms with Crippen molar-refractivity contribution in [3.63, 3.8) is 0 Å². The van der Waals surface area contributed by atoms with Crippen molar-refractivity contribution in [3.8, 4) is 5.69 Å². The van der Waals surface area contributed by atoms with Crippen molar-refractivity contribution in [3.05, 3.63) is 88.3 Å². The second-order valence-corrected chi connectivity index (χ2v) is 8.24. The Kier molecular flexibility index (Phi) is 6.69. The number of hydrogen-bond donors (Lipinski definition) is 1. The fraction of sp³-hybridized carbons (Fsp3) is 0.167. The smallest absolute Gasteiger partial charge is 0.293 e. The second-order valence-electron chi connectivity index (χ2n) is 7.25. The summed E-state index contributed by atoms with van der Waals surface area (Å²) in [5, 5.41) is 6.66. The lowest BCUT2D eigenvalue weighted by Crippen LogP contribution is -2.37. The summed E-state index contributed by atoms with van der Waals surface area (Å²) in [7, 11) is 0. The summed E-state index contributed by atoms with van der Waals surface area (Å²) in [4.78, 5) is 39.1. The maximum absolute atomic E-state index is 13.2. The van der Waals surface area contributed by atoms with E-state index in [1.165, 1.54) is 18.3 Å². The highest BCUT2D eigenvalue weighted by molar-refractivity contribution is 8.18. The number of amides is 3. The molecular formula is C24H21FN4O3S. The Morgan fingerprint density at radius 1 is 1.12 bits per heavy atom. The molecule has 1 aliphatic rings. The number of hydrogen-bond acceptors (Lipinski definition) is 5. The van der Waals surface area contributed by atoms with Crippen LogP contribution in [-0.2, 0) is 11.2 Å². The highest BCUT2D eigenvalue weighted by atomic mass is 32.2. The fourth-order valence-corrected chi connectivity index (χ4v) is 4.34. The van der Waals surface area contributed by atoms with Gasteiger partial charge < -0.3 is 5.32 Å². The number of benzene rings is 2. The van der Waals surface area contributed by atoms with Gasteiger partial charge in [0.05, 0.1) is 28.0 Å². The minimum Gasteiger partial charge on any atom is -0.350 e. The third kappa shape index (κ3) is 4.88. The van der Waals surface area contributed by atoms with Gasteiger partial charge in [-0.15, -0.1) is 0 Å². The first kappa shape index (κ1) is 22.5. The van der Waals surface area contributed by atoms with Crippen LogP contribution < -0.4 is 5.32 Å². The maximum Gasteiger partial charge on any atom is 0.293 e. The van der Waals surface area contributed by atoms with E-state index in [1.54, 1.807) is 22.9 Å². The molecular weight excluding hydrogens is 443 g/mol. The van der Waals surface area contributed by atoms with Gasteiger partial charge in [0, 0.05) is 13.1 Å². The zero-order chi connectivity index (χ0) is 23.4. The summed E-state index contributed by atoms with van der Waals surface area (Å²) in [6.07, 6.45) is 3.68. The van der Waals surface area contributed by atoms with Gasteiger partial charge in [0.1, 0.15) is 5.82 Å². The molecule has 3 aromatic rings. The fourth-order valence-electron chi connectivity index (χ4n) is 3.48. The summed E-state index contributed by atoms with van der Waals surface area (Å²) < 4.78 is 14.8. The van der Waals surface area contributed by atoms with Crippen molar-refractivity contribution < 1.29 is 18.8 Å². The molecule has 0 aliphatic carbocycles. The normalized spacial score (nSPS) is 14.8. The predicted octanol–water partition coefficient (Wildman–Crippen LogP) is 4.04. The van der Waals surface area contributed by atoms with Gasteiger partial charge in [-0.3, -0.25) is 19.3 Å². The van der Waals surface area contributed by atoms with Gasteiger partial charge in [0.2, 0.25) is 0 Å². The Morgan fingerprint density at radius 2 is 1.85 bits per heavy atom. The van der Waals surface area contributed by atoms with E-state index in [0.29, 0.717) is 28.3 Å². The average molecular weight is 465 g/mol. The van der Waals surface area contributed by atoms with E-state index >= 15 is 0 Å². The Labute approximate surface area is 194 Å². The van der Waals surface area contributed by atoms with Crippen LogP contribution in [0, 0.1) is 5.82 Å². The average Bonchev–Trinajstić information content (AvgIpc) is 3.36. The topological polar surface area (TPSA) is 84.3 Å². The first-order chi connectivity index (χ1) is 16.0. The number of imide groups is 1. The first-order valence-corrected chi connectivity index (χ1v) is 11.2. The summed E-state index contributed by atoms with van der Waals surface area (Å²) >= 11 is 0.886. The van der Waals surface area contributed by atoms with Crippen LogP contribution >= 0.6 is 11.8 Å². The summed E-state index contributed by atoms with van der Waals surface area (Å²) in [6, 6.07) is 15.1. The molecule has 0 unspecified atom stereocenters. The lowest BCUT2D eigenvalue weighted by Gasteiger charge is -2.13. The quantitative estimate of drug-likeness (QED) is 0.534. The SMILES string of the molecule is CCc1c(C(=O)NCCN2C(=O)S/C(=C/c3ccccc3)C2=O)cnn1-c1ccc(F)cc1. The monoisotopic (exact) mass is 464 g/mol. The van der Waals surface area contributed by atoms with Gasteiger partial charge in [-0.05, 0) is 54.1 Å². The summed E-state index contributed by atoms with van der Waals surface area (Å²) in [5.74, 6) is -1.08. The maximum atomic E-state index is 13.2. The Morgan fingerprint density at radius 3 is 2.55 bits per heavy atom. The van der Waals surface area contributed by atoms with Crippen molar-refractivity contribution in [1.82, 2.24) is 20.0 Å². The minimum absolute atomic E-state index is 0.0656. The van der Waals surface area contributed by atoms with E-state index in [-0.39, 0.29) is 36.0 Å². The van der Waals surface area contributed by atoms with Crippen LogP contribution in [-0.4, -0.2) is 44.8 Å². The van der Waals surface area contributed by atoms with Crippen LogP contribution in [0.1, 0.15) is 28.5 Å². The molecule has 7 nitrogen and oxygen atoms in total. The molecule has 0 atom stereocenters. The number of thioether (sulfide) groups is 1. The number of rotatable bonds is 7. The molecule has 0 radical (unpaired) electrons. The Bertz CT molecular complexity index is 1220. The predicted molar refractivity (Wildman–Crippen MR) is 124 cm³/mol. The standard InChI is InChI=1S/C24H21FN4O3S/c1-2-20-19(15-27-29(20)18-10-8-17(25)9-11-18)22(30)26-12-13-28-23(31)21(33-24(28)32)14-16-6-4-3-5-7-16/h3-11,14-15H,2,12-13H2,1H3,(H,26,30)/b21-14+. The molecule has 3 amide bonds. The van der Waals surface area contributed by atoms with Crippen LogP contribution in [0.15, 0.2) is 65.7 Å². The lowest BCUT2D eigenvalue weighted by molar-refractivity contribution is -0.122. The largest absolute Gasteiger partial charge is 0.350 e. The number of halogens is 1. The van der Waals surface area contributed by atoms with E-state index in [1.807, 2.05) is 37.3 Å². The number of nitrogens with zero attached hydrogens (tertiary/aromatic N) is 3. The molecule has 1 fully saturated rings. The molecule has 168 valence electrons. The lowest BCUT2D eigenvalue weighted by atomic mass is 10.2. The first-order valence-electron chi connectivity index (χ1n) is 10.4. The van der Waals surface area contributed by atoms with Gasteiger partial charge in [-0.1, -0.05) is 37.3 Å². The molecule has 0 saturated carbocycles. The zero-order valence-corrected chi connectivity index (χ0v) is 18.6. The number of aromatic nitrogens is 2. The molecule has 1 saturated heterocycles. The molecule has 1 aromatic heterocycles. The van der Waals surface area contributed by atoms with Crippen LogP contribution in [0.4, 0.5) is 9.18 Å². The van der Waals surface area contributed by atoms with Crippen LogP contribution in [0.2, 0.25) is 0 Å². The van der Waals surface area contributed by atoms with Crippen molar-refractivity contribution in [2.24, 2.45) is 0 Å². The summed E-state index contributed by atoms with van der Waals surface area (Å²) in [6.45, 7) is 2.07. The van der Waals surface area contributed by atoms with Gasteiger partial charge in [0.15, 0.2) is 0 Å². The molecule has 0 spiro atoms. The Balaban J connectivity index is 1.40. The molecule has 1 aliphatic heterocycles. The highest BCUT2D eigenvalue weighted by Gasteiger charge is 2.34. The molecule has 9 heteroatoms. The number of carbonyl (C=O) groups is 3. The minimum atomic E-state index is -0.374. The highest BCUT2D eigenvalue weighted by Crippen LogP contribution is 2.31.